The standard InChI is InChI=1S/C19H30FN/c1-12-10-16(20)11-13(2)17(12)18(21)14-6-8-15(9-7-14)19(3,4)5/h10-11,14-15,18H,6-9,21H2,1-5H3. The molecule has 0 amide bonds. The summed E-state index contributed by atoms with van der Waals surface area (Å²) in [7, 11) is 0. The Kier molecular flexibility index (Phi) is 4.77. The van der Waals surface area contributed by atoms with Gasteiger partial charge in [0.15, 0.2) is 0 Å². The van der Waals surface area contributed by atoms with Crippen molar-refractivity contribution in [3.05, 3.63) is 34.6 Å². The van der Waals surface area contributed by atoms with Gasteiger partial charge < -0.3 is 5.73 Å². The van der Waals surface area contributed by atoms with E-state index in [0.717, 1.165) is 22.6 Å². The second kappa shape index (κ2) is 6.08. The number of halogens is 1. The largest absolute Gasteiger partial charge is 0.324 e. The summed E-state index contributed by atoms with van der Waals surface area (Å²) in [4.78, 5) is 0. The van der Waals surface area contributed by atoms with Gasteiger partial charge in [0.1, 0.15) is 5.82 Å². The SMILES string of the molecule is Cc1cc(F)cc(C)c1C(N)C1CCC(C(C)(C)C)CC1. The molecular weight excluding hydrogens is 261 g/mol. The van der Waals surface area contributed by atoms with E-state index in [-0.39, 0.29) is 11.9 Å². The van der Waals surface area contributed by atoms with E-state index in [1.807, 2.05) is 13.8 Å². The molecule has 2 heteroatoms. The summed E-state index contributed by atoms with van der Waals surface area (Å²) in [6.07, 6.45) is 4.92. The summed E-state index contributed by atoms with van der Waals surface area (Å²) < 4.78 is 13.5. The maximum atomic E-state index is 13.5. The highest BCUT2D eigenvalue weighted by atomic mass is 19.1. The first kappa shape index (κ1) is 16.5. The molecule has 0 bridgehead atoms. The van der Waals surface area contributed by atoms with E-state index in [4.69, 9.17) is 5.73 Å². The zero-order valence-electron chi connectivity index (χ0n) is 14.2. The molecule has 1 aromatic carbocycles. The third kappa shape index (κ3) is 3.66. The van der Waals surface area contributed by atoms with Crippen LogP contribution in [0, 0.1) is 36.9 Å². The lowest BCUT2D eigenvalue weighted by Gasteiger charge is -2.39. The molecule has 1 fully saturated rings. The Morgan fingerprint density at radius 1 is 1.05 bits per heavy atom. The van der Waals surface area contributed by atoms with Crippen LogP contribution in [0.4, 0.5) is 4.39 Å². The zero-order valence-corrected chi connectivity index (χ0v) is 14.2. The van der Waals surface area contributed by atoms with E-state index in [1.54, 1.807) is 12.1 Å². The molecule has 0 spiro atoms. The fourth-order valence-corrected chi connectivity index (χ4v) is 4.03. The predicted octanol–water partition coefficient (Wildman–Crippen LogP) is 5.29. The monoisotopic (exact) mass is 291 g/mol. The molecule has 0 aromatic heterocycles. The Labute approximate surface area is 129 Å². The van der Waals surface area contributed by atoms with Gasteiger partial charge in [-0.15, -0.1) is 0 Å². The summed E-state index contributed by atoms with van der Waals surface area (Å²) in [6, 6.07) is 3.28. The van der Waals surface area contributed by atoms with Crippen LogP contribution in [-0.4, -0.2) is 0 Å². The summed E-state index contributed by atoms with van der Waals surface area (Å²) in [5.74, 6) is 1.18. The minimum absolute atomic E-state index is 0.0477. The average Bonchev–Trinajstić information content (AvgIpc) is 2.36. The van der Waals surface area contributed by atoms with Crippen LogP contribution in [0.3, 0.4) is 0 Å². The summed E-state index contributed by atoms with van der Waals surface area (Å²) in [5.41, 5.74) is 10.1. The Morgan fingerprint density at radius 3 is 1.95 bits per heavy atom. The molecule has 0 aliphatic heterocycles. The first-order valence-electron chi connectivity index (χ1n) is 8.22. The lowest BCUT2D eigenvalue weighted by molar-refractivity contribution is 0.139. The number of hydrogen-bond donors (Lipinski definition) is 1. The zero-order chi connectivity index (χ0) is 15.8. The molecular formula is C19H30FN. The van der Waals surface area contributed by atoms with Crippen LogP contribution in [0.2, 0.25) is 0 Å². The average molecular weight is 291 g/mol. The van der Waals surface area contributed by atoms with E-state index in [2.05, 4.69) is 20.8 Å². The molecule has 1 saturated carbocycles. The molecule has 0 saturated heterocycles. The van der Waals surface area contributed by atoms with Gasteiger partial charge in [-0.1, -0.05) is 20.8 Å². The van der Waals surface area contributed by atoms with E-state index < -0.39 is 0 Å². The van der Waals surface area contributed by atoms with E-state index in [0.29, 0.717) is 11.3 Å². The minimum Gasteiger partial charge on any atom is -0.324 e. The van der Waals surface area contributed by atoms with Crippen molar-refractivity contribution in [2.24, 2.45) is 23.0 Å². The Bertz CT molecular complexity index is 470. The predicted molar refractivity (Wildman–Crippen MR) is 87.7 cm³/mol. The smallest absolute Gasteiger partial charge is 0.123 e. The molecule has 21 heavy (non-hydrogen) atoms. The molecule has 0 radical (unpaired) electrons. The molecule has 1 nitrogen and oxygen atoms in total. The highest BCUT2D eigenvalue weighted by Crippen LogP contribution is 2.43. The van der Waals surface area contributed by atoms with Crippen LogP contribution in [0.25, 0.3) is 0 Å². The Morgan fingerprint density at radius 2 is 1.52 bits per heavy atom. The molecule has 1 aromatic rings. The number of benzene rings is 1. The van der Waals surface area contributed by atoms with E-state index >= 15 is 0 Å². The highest BCUT2D eigenvalue weighted by Gasteiger charge is 2.32. The third-order valence-corrected chi connectivity index (χ3v) is 5.40. The lowest BCUT2D eigenvalue weighted by Crippen LogP contribution is -2.31. The van der Waals surface area contributed by atoms with Crippen LogP contribution < -0.4 is 5.73 Å². The Balaban J connectivity index is 2.11. The van der Waals surface area contributed by atoms with Crippen LogP contribution in [0.15, 0.2) is 12.1 Å². The third-order valence-electron chi connectivity index (χ3n) is 5.40. The number of hydrogen-bond acceptors (Lipinski definition) is 1. The van der Waals surface area contributed by atoms with Gasteiger partial charge in [-0.2, -0.15) is 0 Å². The van der Waals surface area contributed by atoms with Gasteiger partial charge in [-0.25, -0.2) is 4.39 Å². The maximum Gasteiger partial charge on any atom is 0.123 e. The van der Waals surface area contributed by atoms with Gasteiger partial charge in [-0.3, -0.25) is 0 Å². The second-order valence-electron chi connectivity index (χ2n) is 7.96. The fourth-order valence-electron chi connectivity index (χ4n) is 4.03. The van der Waals surface area contributed by atoms with Gasteiger partial charge in [0, 0.05) is 6.04 Å². The number of nitrogens with two attached hydrogens (primary N) is 1. The lowest BCUT2D eigenvalue weighted by atomic mass is 9.67. The van der Waals surface area contributed by atoms with E-state index in [1.165, 1.54) is 25.7 Å². The molecule has 1 atom stereocenters. The molecule has 2 rings (SSSR count). The van der Waals surface area contributed by atoms with Gasteiger partial charge in [0.25, 0.3) is 0 Å². The van der Waals surface area contributed by atoms with Crippen LogP contribution in [0.1, 0.15) is 69.2 Å². The van der Waals surface area contributed by atoms with Crippen molar-refractivity contribution < 1.29 is 4.39 Å². The van der Waals surface area contributed by atoms with Crippen molar-refractivity contribution in [1.29, 1.82) is 0 Å². The molecule has 0 heterocycles. The van der Waals surface area contributed by atoms with Crippen molar-refractivity contribution in [1.82, 2.24) is 0 Å². The summed E-state index contributed by atoms with van der Waals surface area (Å²) in [6.45, 7) is 11.0. The Hall–Kier alpha value is -0.890. The normalized spacial score (nSPS) is 24.9. The van der Waals surface area contributed by atoms with Gasteiger partial charge in [0.05, 0.1) is 0 Å². The summed E-state index contributed by atoms with van der Waals surface area (Å²) >= 11 is 0. The van der Waals surface area contributed by atoms with Crippen molar-refractivity contribution in [2.45, 2.75) is 66.3 Å². The fraction of sp³-hybridized carbons (Fsp3) is 0.684. The van der Waals surface area contributed by atoms with E-state index in [9.17, 15) is 4.39 Å². The van der Waals surface area contributed by atoms with Gasteiger partial charge >= 0.3 is 0 Å². The van der Waals surface area contributed by atoms with Crippen molar-refractivity contribution in [2.75, 3.05) is 0 Å². The van der Waals surface area contributed by atoms with Crippen molar-refractivity contribution >= 4 is 0 Å². The van der Waals surface area contributed by atoms with Gasteiger partial charge in [0.2, 0.25) is 0 Å². The highest BCUT2D eigenvalue weighted by molar-refractivity contribution is 5.37. The maximum absolute atomic E-state index is 13.5. The first-order chi connectivity index (χ1) is 9.70. The summed E-state index contributed by atoms with van der Waals surface area (Å²) in [5, 5.41) is 0. The number of rotatable bonds is 2. The quantitative estimate of drug-likeness (QED) is 0.786. The molecule has 1 aliphatic carbocycles. The minimum atomic E-state index is -0.155. The topological polar surface area (TPSA) is 26.0 Å². The van der Waals surface area contributed by atoms with Crippen LogP contribution in [-0.2, 0) is 0 Å². The number of aryl methyl sites for hydroxylation is 2. The molecule has 1 aliphatic rings. The molecule has 2 N–H and O–H groups in total. The first-order valence-corrected chi connectivity index (χ1v) is 8.22. The second-order valence-corrected chi connectivity index (χ2v) is 7.96. The van der Waals surface area contributed by atoms with Crippen molar-refractivity contribution in [3.8, 4) is 0 Å². The van der Waals surface area contributed by atoms with Gasteiger partial charge in [-0.05, 0) is 85.6 Å². The van der Waals surface area contributed by atoms with Crippen LogP contribution in [0.5, 0.6) is 0 Å². The molecule has 1 unspecified atom stereocenters. The van der Waals surface area contributed by atoms with Crippen LogP contribution >= 0.6 is 0 Å². The van der Waals surface area contributed by atoms with Crippen molar-refractivity contribution in [3.63, 3.8) is 0 Å². The molecule has 118 valence electrons.